The van der Waals surface area contributed by atoms with Crippen molar-refractivity contribution in [1.82, 2.24) is 9.97 Å². The van der Waals surface area contributed by atoms with E-state index in [4.69, 9.17) is 5.11 Å². The number of hydrogen-bond acceptors (Lipinski definition) is 8. The molecule has 0 aliphatic heterocycles. The lowest BCUT2D eigenvalue weighted by atomic mass is 10.1. The van der Waals surface area contributed by atoms with E-state index in [1.807, 2.05) is 4.98 Å². The highest BCUT2D eigenvalue weighted by Crippen LogP contribution is 2.26. The molecule has 2 rings (SSSR count). The summed E-state index contributed by atoms with van der Waals surface area (Å²) in [5.41, 5.74) is -1.15. The summed E-state index contributed by atoms with van der Waals surface area (Å²) in [5, 5.41) is 47.9. The van der Waals surface area contributed by atoms with Gasteiger partial charge in [0.15, 0.2) is 0 Å². The van der Waals surface area contributed by atoms with Gasteiger partial charge in [-0.3, -0.25) is 14.8 Å². The lowest BCUT2D eigenvalue weighted by Gasteiger charge is -2.29. The van der Waals surface area contributed by atoms with Gasteiger partial charge in [0.2, 0.25) is 0 Å². The van der Waals surface area contributed by atoms with Crippen molar-refractivity contribution in [2.24, 2.45) is 0 Å². The molecule has 10 nitrogen and oxygen atoms in total. The molecule has 0 aliphatic rings. The summed E-state index contributed by atoms with van der Waals surface area (Å²) < 4.78 is 0. The number of rotatable bonds is 7. The van der Waals surface area contributed by atoms with E-state index in [0.29, 0.717) is 5.69 Å². The van der Waals surface area contributed by atoms with Gasteiger partial charge in [-0.05, 0) is 12.1 Å². The molecule has 1 aromatic carbocycles. The predicted octanol–water partition coefficient (Wildman–Crippen LogP) is -2.02. The summed E-state index contributed by atoms with van der Waals surface area (Å²) in [5.74, 6) is -0.0933. The maximum atomic E-state index is 11.6. The van der Waals surface area contributed by atoms with E-state index in [-0.39, 0.29) is 18.1 Å². The molecule has 1 aromatic heterocycles. The Morgan fingerprint density at radius 2 is 1.76 bits per heavy atom. The fourth-order valence-electron chi connectivity index (χ4n) is 2.26. The molecule has 0 radical (unpaired) electrons. The predicted molar refractivity (Wildman–Crippen MR) is 87.9 cm³/mol. The molecule has 0 saturated heterocycles. The number of hydrogen-bond donors (Lipinski definition) is 7. The molecule has 0 amide bonds. The SMILES string of the molecule is O=c1cc(N(C[C@H](O)[C@H](O)[C@H](O)CO)c2cccc(O)c2)[nH]c(=O)[nH]1. The molecule has 0 fully saturated rings. The molecule has 25 heavy (non-hydrogen) atoms. The van der Waals surface area contributed by atoms with Gasteiger partial charge in [0.25, 0.3) is 5.56 Å². The van der Waals surface area contributed by atoms with Crippen LogP contribution >= 0.6 is 0 Å². The quantitative estimate of drug-likeness (QED) is 0.299. The van der Waals surface area contributed by atoms with E-state index in [0.717, 1.165) is 6.07 Å². The van der Waals surface area contributed by atoms with Gasteiger partial charge in [-0.25, -0.2) is 4.79 Å². The third-order valence-electron chi connectivity index (χ3n) is 3.52. The first-order chi connectivity index (χ1) is 11.8. The van der Waals surface area contributed by atoms with Crippen LogP contribution in [0.2, 0.25) is 0 Å². The summed E-state index contributed by atoms with van der Waals surface area (Å²) >= 11 is 0. The normalized spacial score (nSPS) is 14.7. The third-order valence-corrected chi connectivity index (χ3v) is 3.52. The highest BCUT2D eigenvalue weighted by Gasteiger charge is 2.27. The van der Waals surface area contributed by atoms with Crippen LogP contribution in [0.15, 0.2) is 39.9 Å². The minimum Gasteiger partial charge on any atom is -0.508 e. The van der Waals surface area contributed by atoms with Gasteiger partial charge in [-0.2, -0.15) is 0 Å². The van der Waals surface area contributed by atoms with Gasteiger partial charge in [0, 0.05) is 17.8 Å². The third kappa shape index (κ3) is 4.67. The van der Waals surface area contributed by atoms with Crippen LogP contribution in [0.1, 0.15) is 0 Å². The fourth-order valence-corrected chi connectivity index (χ4v) is 2.26. The van der Waals surface area contributed by atoms with Crippen LogP contribution in [-0.4, -0.2) is 67.0 Å². The number of aromatic amines is 2. The molecular formula is C15H19N3O7. The number of aromatic hydroxyl groups is 1. The lowest BCUT2D eigenvalue weighted by Crippen LogP contribution is -2.45. The zero-order valence-corrected chi connectivity index (χ0v) is 13.0. The maximum absolute atomic E-state index is 11.6. The number of nitrogens with one attached hydrogen (secondary N) is 2. The van der Waals surface area contributed by atoms with Crippen molar-refractivity contribution in [2.45, 2.75) is 18.3 Å². The maximum Gasteiger partial charge on any atom is 0.327 e. The number of benzene rings is 1. The van der Waals surface area contributed by atoms with E-state index in [1.54, 1.807) is 6.07 Å². The number of aliphatic hydroxyl groups is 4. The van der Waals surface area contributed by atoms with Crippen LogP contribution in [0.5, 0.6) is 5.75 Å². The molecule has 1 heterocycles. The van der Waals surface area contributed by atoms with Crippen LogP contribution in [0.4, 0.5) is 11.5 Å². The Bertz CT molecular complexity index is 791. The molecule has 7 N–H and O–H groups in total. The topological polar surface area (TPSA) is 170 Å². The molecule has 0 bridgehead atoms. The number of H-pyrrole nitrogens is 2. The standard InChI is InChI=1S/C15H19N3O7/c19-7-11(22)14(24)10(21)6-18(8-2-1-3-9(20)4-8)12-5-13(23)17-15(25)16-12/h1-5,10-11,14,19-22,24H,6-7H2,(H2,16,17,23,25)/t10-,11+,14-/m0/s1. The first kappa shape index (κ1) is 18.7. The van der Waals surface area contributed by atoms with Crippen molar-refractivity contribution in [3.8, 4) is 5.75 Å². The minimum atomic E-state index is -1.67. The van der Waals surface area contributed by atoms with E-state index in [9.17, 15) is 30.0 Å². The number of anilines is 2. The van der Waals surface area contributed by atoms with Crippen LogP contribution in [0.3, 0.4) is 0 Å². The molecule has 0 spiro atoms. The Morgan fingerprint density at radius 1 is 1.04 bits per heavy atom. The summed E-state index contributed by atoms with van der Waals surface area (Å²) in [6.07, 6.45) is -4.77. The molecular weight excluding hydrogens is 334 g/mol. The van der Waals surface area contributed by atoms with Gasteiger partial charge in [0.1, 0.15) is 29.9 Å². The zero-order chi connectivity index (χ0) is 18.6. The lowest BCUT2D eigenvalue weighted by molar-refractivity contribution is -0.0726. The molecule has 0 saturated carbocycles. The molecule has 10 heteroatoms. The van der Waals surface area contributed by atoms with Gasteiger partial charge < -0.3 is 30.4 Å². The molecule has 2 aromatic rings. The number of phenolic OH excluding ortho intramolecular Hbond substituents is 1. The van der Waals surface area contributed by atoms with Crippen LogP contribution in [-0.2, 0) is 0 Å². The first-order valence-corrected chi connectivity index (χ1v) is 7.37. The second-order valence-electron chi connectivity index (χ2n) is 5.41. The van der Waals surface area contributed by atoms with Gasteiger partial charge >= 0.3 is 5.69 Å². The van der Waals surface area contributed by atoms with Crippen LogP contribution in [0.25, 0.3) is 0 Å². The number of nitrogens with zero attached hydrogens (tertiary/aromatic N) is 1. The second kappa shape index (κ2) is 7.94. The monoisotopic (exact) mass is 353 g/mol. The average molecular weight is 353 g/mol. The zero-order valence-electron chi connectivity index (χ0n) is 13.0. The summed E-state index contributed by atoms with van der Waals surface area (Å²) in [7, 11) is 0. The fraction of sp³-hybridized carbons (Fsp3) is 0.333. The number of phenols is 1. The average Bonchev–Trinajstić information content (AvgIpc) is 2.57. The number of aliphatic hydroxyl groups excluding tert-OH is 4. The Labute approximate surface area is 141 Å². The van der Waals surface area contributed by atoms with Gasteiger partial charge in [-0.15, -0.1) is 0 Å². The second-order valence-corrected chi connectivity index (χ2v) is 5.41. The van der Waals surface area contributed by atoms with Crippen molar-refractivity contribution in [3.63, 3.8) is 0 Å². The smallest absolute Gasteiger partial charge is 0.327 e. The van der Waals surface area contributed by atoms with Crippen LogP contribution in [0, 0.1) is 0 Å². The summed E-state index contributed by atoms with van der Waals surface area (Å²) in [6, 6.07) is 6.84. The van der Waals surface area contributed by atoms with E-state index in [1.165, 1.54) is 23.1 Å². The molecule has 136 valence electrons. The Balaban J connectivity index is 2.42. The molecule has 0 unspecified atom stereocenters. The van der Waals surface area contributed by atoms with E-state index in [2.05, 4.69) is 4.98 Å². The van der Waals surface area contributed by atoms with Crippen molar-refractivity contribution >= 4 is 11.5 Å². The van der Waals surface area contributed by atoms with Crippen LogP contribution < -0.4 is 16.1 Å². The summed E-state index contributed by atoms with van der Waals surface area (Å²) in [4.78, 5) is 28.7. The Hall–Kier alpha value is -2.66. The van der Waals surface area contributed by atoms with E-state index < -0.39 is 36.2 Å². The Kier molecular flexibility index (Phi) is 5.93. The summed E-state index contributed by atoms with van der Waals surface area (Å²) in [6.45, 7) is -1.10. The van der Waals surface area contributed by atoms with Crippen molar-refractivity contribution in [1.29, 1.82) is 0 Å². The van der Waals surface area contributed by atoms with Crippen molar-refractivity contribution < 1.29 is 25.5 Å². The Morgan fingerprint density at radius 3 is 2.36 bits per heavy atom. The largest absolute Gasteiger partial charge is 0.508 e. The van der Waals surface area contributed by atoms with Gasteiger partial charge in [0.05, 0.1) is 13.2 Å². The molecule has 0 aliphatic carbocycles. The van der Waals surface area contributed by atoms with Crippen molar-refractivity contribution in [2.75, 3.05) is 18.1 Å². The number of aromatic nitrogens is 2. The van der Waals surface area contributed by atoms with Crippen molar-refractivity contribution in [3.05, 3.63) is 51.2 Å². The van der Waals surface area contributed by atoms with Gasteiger partial charge in [-0.1, -0.05) is 6.07 Å². The molecule has 3 atom stereocenters. The minimum absolute atomic E-state index is 0.00379. The highest BCUT2D eigenvalue weighted by atomic mass is 16.4. The van der Waals surface area contributed by atoms with E-state index >= 15 is 0 Å². The first-order valence-electron chi connectivity index (χ1n) is 7.37. The highest BCUT2D eigenvalue weighted by molar-refractivity contribution is 5.61.